The van der Waals surface area contributed by atoms with E-state index in [-0.39, 0.29) is 23.4 Å². The molecule has 0 spiro atoms. The third-order valence-electron chi connectivity index (χ3n) is 9.86. The lowest BCUT2D eigenvalue weighted by Crippen LogP contribution is -2.57. The van der Waals surface area contributed by atoms with Crippen LogP contribution in [0, 0.1) is 23.2 Å². The fourth-order valence-corrected chi connectivity index (χ4v) is 8.71. The molecule has 6 fully saturated rings. The number of rotatable bonds is 7. The molecule has 2 heterocycles. The summed E-state index contributed by atoms with van der Waals surface area (Å²) in [6, 6.07) is 7.94. The minimum Gasteiger partial charge on any atom is -0.496 e. The SMILES string of the molecule is COc1ccccc1[C@H](CNC(=O)[C@H]1CCCN1C(=O)C12CC3CC(CC(C3)C1)C2)N1CCCC1. The van der Waals surface area contributed by atoms with Crippen molar-refractivity contribution in [2.45, 2.75) is 76.3 Å². The van der Waals surface area contributed by atoms with E-state index < -0.39 is 0 Å². The molecular formula is C29H41N3O3. The van der Waals surface area contributed by atoms with E-state index in [2.05, 4.69) is 16.3 Å². The van der Waals surface area contributed by atoms with E-state index in [0.29, 0.717) is 12.5 Å². The summed E-state index contributed by atoms with van der Waals surface area (Å²) in [6.07, 6.45) is 11.3. The summed E-state index contributed by atoms with van der Waals surface area (Å²) in [4.78, 5) is 32.0. The largest absolute Gasteiger partial charge is 0.496 e. The van der Waals surface area contributed by atoms with Gasteiger partial charge in [-0.2, -0.15) is 0 Å². The Hall–Kier alpha value is -2.08. The number of amides is 2. The highest BCUT2D eigenvalue weighted by Gasteiger charge is 2.56. The Bertz CT molecular complexity index is 921. The van der Waals surface area contributed by atoms with E-state index in [9.17, 15) is 9.59 Å². The fourth-order valence-electron chi connectivity index (χ4n) is 8.71. The van der Waals surface area contributed by atoms with Crippen LogP contribution in [0.2, 0.25) is 0 Å². The van der Waals surface area contributed by atoms with E-state index in [4.69, 9.17) is 4.74 Å². The smallest absolute Gasteiger partial charge is 0.242 e. The van der Waals surface area contributed by atoms with Crippen molar-refractivity contribution in [1.82, 2.24) is 15.1 Å². The minimum absolute atomic E-state index is 0.0275. The Morgan fingerprint density at radius 3 is 2.31 bits per heavy atom. The minimum atomic E-state index is -0.313. The lowest BCUT2D eigenvalue weighted by molar-refractivity contribution is -0.160. The van der Waals surface area contributed by atoms with Crippen LogP contribution < -0.4 is 10.1 Å². The highest BCUT2D eigenvalue weighted by Crippen LogP contribution is 2.60. The quantitative estimate of drug-likeness (QED) is 0.638. The molecule has 2 saturated heterocycles. The van der Waals surface area contributed by atoms with Crippen LogP contribution in [0.4, 0.5) is 0 Å². The van der Waals surface area contributed by atoms with Crippen LogP contribution in [0.5, 0.6) is 5.75 Å². The molecule has 6 nitrogen and oxygen atoms in total. The number of benzene rings is 1. The van der Waals surface area contributed by atoms with Crippen LogP contribution in [0.1, 0.15) is 75.8 Å². The van der Waals surface area contributed by atoms with Gasteiger partial charge in [0.25, 0.3) is 0 Å². The second kappa shape index (κ2) is 9.42. The van der Waals surface area contributed by atoms with E-state index >= 15 is 0 Å². The van der Waals surface area contributed by atoms with Gasteiger partial charge in [-0.1, -0.05) is 18.2 Å². The summed E-state index contributed by atoms with van der Waals surface area (Å²) < 4.78 is 5.67. The summed E-state index contributed by atoms with van der Waals surface area (Å²) in [7, 11) is 1.71. The predicted molar refractivity (Wildman–Crippen MR) is 135 cm³/mol. The number of nitrogens with one attached hydrogen (secondary N) is 1. The second-order valence-corrected chi connectivity index (χ2v) is 12.1. The molecule has 1 aromatic carbocycles. The lowest BCUT2D eigenvalue weighted by atomic mass is 9.49. The van der Waals surface area contributed by atoms with Crippen LogP contribution in [0.25, 0.3) is 0 Å². The van der Waals surface area contributed by atoms with Crippen molar-refractivity contribution in [2.75, 3.05) is 33.3 Å². The normalized spacial score (nSPS) is 34.8. The van der Waals surface area contributed by atoms with Crippen molar-refractivity contribution in [3.8, 4) is 5.75 Å². The van der Waals surface area contributed by atoms with Gasteiger partial charge in [0.1, 0.15) is 11.8 Å². The molecule has 0 unspecified atom stereocenters. The van der Waals surface area contributed by atoms with Gasteiger partial charge in [0.15, 0.2) is 0 Å². The molecule has 4 saturated carbocycles. The zero-order valence-electron chi connectivity index (χ0n) is 21.2. The summed E-state index contributed by atoms with van der Waals surface area (Å²) in [5.74, 6) is 3.42. The number of ether oxygens (including phenoxy) is 1. The van der Waals surface area contributed by atoms with Crippen LogP contribution in [-0.2, 0) is 9.59 Å². The molecule has 2 amide bonds. The molecule has 4 bridgehead atoms. The fraction of sp³-hybridized carbons (Fsp3) is 0.724. The van der Waals surface area contributed by atoms with Gasteiger partial charge in [0, 0.05) is 18.7 Å². The number of carbonyl (C=O) groups is 2. The van der Waals surface area contributed by atoms with Crippen molar-refractivity contribution < 1.29 is 14.3 Å². The maximum atomic E-state index is 14.0. The first-order valence-electron chi connectivity index (χ1n) is 14.0. The Morgan fingerprint density at radius 2 is 1.66 bits per heavy atom. The molecule has 190 valence electrons. The van der Waals surface area contributed by atoms with E-state index in [1.54, 1.807) is 7.11 Å². The number of nitrogens with zero attached hydrogens (tertiary/aromatic N) is 2. The van der Waals surface area contributed by atoms with Gasteiger partial charge in [-0.15, -0.1) is 0 Å². The van der Waals surface area contributed by atoms with Crippen molar-refractivity contribution in [3.05, 3.63) is 29.8 Å². The molecule has 2 atom stereocenters. The van der Waals surface area contributed by atoms with Gasteiger partial charge in [-0.05, 0) is 101 Å². The molecule has 0 radical (unpaired) electrons. The number of likely N-dealkylation sites (tertiary alicyclic amines) is 2. The Labute approximate surface area is 209 Å². The summed E-state index contributed by atoms with van der Waals surface area (Å²) >= 11 is 0. The predicted octanol–water partition coefficient (Wildman–Crippen LogP) is 4.16. The van der Waals surface area contributed by atoms with Gasteiger partial charge in [-0.25, -0.2) is 0 Å². The summed E-state index contributed by atoms with van der Waals surface area (Å²) in [5, 5.41) is 3.28. The number of para-hydroxylation sites is 1. The molecule has 4 aliphatic carbocycles. The first-order chi connectivity index (χ1) is 17.1. The van der Waals surface area contributed by atoms with E-state index in [0.717, 1.165) is 80.8 Å². The van der Waals surface area contributed by atoms with Crippen LogP contribution in [-0.4, -0.2) is 60.9 Å². The van der Waals surface area contributed by atoms with Crippen molar-refractivity contribution >= 4 is 11.8 Å². The zero-order chi connectivity index (χ0) is 24.0. The molecule has 2 aliphatic heterocycles. The third kappa shape index (κ3) is 4.26. The maximum absolute atomic E-state index is 14.0. The monoisotopic (exact) mass is 479 g/mol. The molecule has 6 aliphatic rings. The summed E-state index contributed by atoms with van der Waals surface area (Å²) in [6.45, 7) is 3.37. The first-order valence-corrected chi connectivity index (χ1v) is 14.0. The molecule has 1 aromatic rings. The highest BCUT2D eigenvalue weighted by atomic mass is 16.5. The molecule has 1 N–H and O–H groups in total. The van der Waals surface area contributed by atoms with Gasteiger partial charge in [0.2, 0.25) is 11.8 Å². The molecular weight excluding hydrogens is 438 g/mol. The van der Waals surface area contributed by atoms with E-state index in [1.807, 2.05) is 23.1 Å². The average Bonchev–Trinajstić information content (AvgIpc) is 3.56. The van der Waals surface area contributed by atoms with Crippen molar-refractivity contribution in [2.24, 2.45) is 23.2 Å². The van der Waals surface area contributed by atoms with Gasteiger partial charge in [-0.3, -0.25) is 14.5 Å². The van der Waals surface area contributed by atoms with Gasteiger partial charge >= 0.3 is 0 Å². The Morgan fingerprint density at radius 1 is 1.00 bits per heavy atom. The molecule has 6 heteroatoms. The number of hydrogen-bond acceptors (Lipinski definition) is 4. The number of methoxy groups -OCH3 is 1. The topological polar surface area (TPSA) is 61.9 Å². The van der Waals surface area contributed by atoms with Gasteiger partial charge in [0.05, 0.1) is 18.6 Å². The van der Waals surface area contributed by atoms with Gasteiger partial charge < -0.3 is 15.0 Å². The molecule has 7 rings (SSSR count). The second-order valence-electron chi connectivity index (χ2n) is 12.1. The summed E-state index contributed by atoms with van der Waals surface area (Å²) in [5.41, 5.74) is 0.956. The molecule has 0 aromatic heterocycles. The Balaban J connectivity index is 1.16. The average molecular weight is 480 g/mol. The lowest BCUT2D eigenvalue weighted by Gasteiger charge is -2.56. The van der Waals surface area contributed by atoms with E-state index in [1.165, 1.54) is 32.1 Å². The van der Waals surface area contributed by atoms with Crippen molar-refractivity contribution in [1.29, 1.82) is 0 Å². The standard InChI is InChI=1S/C29H41N3O3/c1-35-26-9-3-2-7-23(26)25(31-10-4-5-11-31)19-30-27(33)24-8-6-12-32(24)28(34)29-16-20-13-21(17-29)15-22(14-20)18-29/h2-3,7,9,20-22,24-25H,4-6,8,10-19H2,1H3,(H,30,33)/t20?,21?,22?,24-,25+,29?/m1/s1. The third-order valence-corrected chi connectivity index (χ3v) is 9.86. The zero-order valence-corrected chi connectivity index (χ0v) is 21.2. The molecule has 35 heavy (non-hydrogen) atoms. The van der Waals surface area contributed by atoms with Crippen molar-refractivity contribution in [3.63, 3.8) is 0 Å². The first kappa shape index (κ1) is 23.3. The van der Waals surface area contributed by atoms with Crippen LogP contribution in [0.15, 0.2) is 24.3 Å². The maximum Gasteiger partial charge on any atom is 0.242 e. The number of hydrogen-bond donors (Lipinski definition) is 1. The Kier molecular flexibility index (Phi) is 6.28. The number of carbonyl (C=O) groups excluding carboxylic acids is 2. The van der Waals surface area contributed by atoms with Crippen LogP contribution >= 0.6 is 0 Å². The van der Waals surface area contributed by atoms with Crippen LogP contribution in [0.3, 0.4) is 0 Å². The highest BCUT2D eigenvalue weighted by molar-refractivity contribution is 5.91.